The maximum absolute atomic E-state index is 4.37. The number of pyridine rings is 1. The molecule has 0 amide bonds. The summed E-state index contributed by atoms with van der Waals surface area (Å²) >= 11 is 0. The van der Waals surface area contributed by atoms with E-state index in [2.05, 4.69) is 70.4 Å². The lowest BCUT2D eigenvalue weighted by atomic mass is 9.96. The molecule has 1 aromatic carbocycles. The number of piperidine rings is 1. The van der Waals surface area contributed by atoms with Crippen LogP contribution >= 0.6 is 0 Å². The van der Waals surface area contributed by atoms with Gasteiger partial charge < -0.3 is 9.80 Å². The Hall–Kier alpha value is -1.87. The summed E-state index contributed by atoms with van der Waals surface area (Å²) in [6.07, 6.45) is 10.6. The minimum absolute atomic E-state index is 0.644. The number of hydrogen-bond donors (Lipinski definition) is 0. The monoisotopic (exact) mass is 363 g/mol. The van der Waals surface area contributed by atoms with E-state index in [4.69, 9.17) is 0 Å². The van der Waals surface area contributed by atoms with Gasteiger partial charge in [-0.1, -0.05) is 37.3 Å². The largest absolute Gasteiger partial charge is 0.367 e. The highest BCUT2D eigenvalue weighted by atomic mass is 15.2. The summed E-state index contributed by atoms with van der Waals surface area (Å²) in [4.78, 5) is 9.71. The fraction of sp³-hybridized carbons (Fsp3) is 0.542. The highest BCUT2D eigenvalue weighted by molar-refractivity contribution is 5.45. The van der Waals surface area contributed by atoms with Crippen molar-refractivity contribution in [1.29, 1.82) is 0 Å². The Bertz CT molecular complexity index is 675. The van der Waals surface area contributed by atoms with Crippen molar-refractivity contribution in [2.45, 2.75) is 51.0 Å². The summed E-state index contributed by atoms with van der Waals surface area (Å²) in [7, 11) is 0. The van der Waals surface area contributed by atoms with Crippen molar-refractivity contribution in [3.05, 3.63) is 60.4 Å². The van der Waals surface area contributed by atoms with Crippen LogP contribution in [0.1, 0.15) is 50.5 Å². The molecule has 1 atom stereocenters. The Balaban J connectivity index is 1.28. The third-order valence-corrected chi connectivity index (χ3v) is 6.37. The topological polar surface area (TPSA) is 19.4 Å². The average Bonchev–Trinajstić information content (AvgIpc) is 3.56. The van der Waals surface area contributed by atoms with Gasteiger partial charge in [0.25, 0.3) is 0 Å². The minimum atomic E-state index is 0.644. The van der Waals surface area contributed by atoms with Crippen LogP contribution in [0.15, 0.2) is 54.9 Å². The predicted octanol–water partition coefficient (Wildman–Crippen LogP) is 4.96. The van der Waals surface area contributed by atoms with E-state index < -0.39 is 0 Å². The molecule has 27 heavy (non-hydrogen) atoms. The summed E-state index contributed by atoms with van der Waals surface area (Å²) in [6.45, 7) is 7.27. The van der Waals surface area contributed by atoms with Crippen LogP contribution in [0, 0.1) is 5.92 Å². The van der Waals surface area contributed by atoms with Crippen LogP contribution in [-0.4, -0.2) is 42.1 Å². The van der Waals surface area contributed by atoms with Crippen LogP contribution in [0.4, 0.5) is 5.69 Å². The molecule has 1 aliphatic heterocycles. The lowest BCUT2D eigenvalue weighted by molar-refractivity contribution is 0.203. The van der Waals surface area contributed by atoms with E-state index in [0.29, 0.717) is 12.0 Å². The van der Waals surface area contributed by atoms with Crippen LogP contribution in [0.5, 0.6) is 0 Å². The molecule has 3 heteroatoms. The minimum Gasteiger partial charge on any atom is -0.367 e. The maximum Gasteiger partial charge on any atom is 0.0555 e. The quantitative estimate of drug-likeness (QED) is 0.661. The molecule has 1 aromatic heterocycles. The molecule has 0 N–H and O–H groups in total. The first-order chi connectivity index (χ1) is 13.3. The second kappa shape index (κ2) is 8.88. The number of hydrogen-bond acceptors (Lipinski definition) is 3. The molecule has 1 aliphatic carbocycles. The standard InChI is InChI=1S/C24H33N3/c1-20(22-6-3-2-4-7-22)11-15-26-16-12-23(13-17-26)27(19-21-9-10-21)24-8-5-14-25-18-24/h2-8,14,18,20-21,23H,9-13,15-17,19H2,1H3. The van der Waals surface area contributed by atoms with E-state index >= 15 is 0 Å². The Morgan fingerprint density at radius 2 is 1.81 bits per heavy atom. The van der Waals surface area contributed by atoms with E-state index in [1.807, 2.05) is 6.20 Å². The summed E-state index contributed by atoms with van der Waals surface area (Å²) in [5, 5.41) is 0. The SMILES string of the molecule is CC(CCN1CCC(N(CC2CC2)c2cccnc2)CC1)c1ccccc1. The molecule has 0 spiro atoms. The smallest absolute Gasteiger partial charge is 0.0555 e. The van der Waals surface area contributed by atoms with Crippen LogP contribution in [0.2, 0.25) is 0 Å². The zero-order chi connectivity index (χ0) is 18.5. The Morgan fingerprint density at radius 1 is 1.04 bits per heavy atom. The molecule has 2 aromatic rings. The predicted molar refractivity (Wildman–Crippen MR) is 113 cm³/mol. The van der Waals surface area contributed by atoms with Crippen LogP contribution in [0.25, 0.3) is 0 Å². The zero-order valence-corrected chi connectivity index (χ0v) is 16.6. The van der Waals surface area contributed by atoms with Gasteiger partial charge >= 0.3 is 0 Å². The Kier molecular flexibility index (Phi) is 6.08. The number of likely N-dealkylation sites (tertiary alicyclic amines) is 1. The van der Waals surface area contributed by atoms with Gasteiger partial charge in [-0.15, -0.1) is 0 Å². The molecule has 4 rings (SSSR count). The van der Waals surface area contributed by atoms with Gasteiger partial charge in [0.2, 0.25) is 0 Å². The van der Waals surface area contributed by atoms with Gasteiger partial charge in [0.05, 0.1) is 11.9 Å². The van der Waals surface area contributed by atoms with Gasteiger partial charge in [-0.2, -0.15) is 0 Å². The van der Waals surface area contributed by atoms with E-state index in [1.165, 1.54) is 69.5 Å². The zero-order valence-electron chi connectivity index (χ0n) is 16.6. The van der Waals surface area contributed by atoms with Gasteiger partial charge in [-0.05, 0) is 68.2 Å². The molecular weight excluding hydrogens is 330 g/mol. The lowest BCUT2D eigenvalue weighted by Crippen LogP contribution is -2.46. The summed E-state index contributed by atoms with van der Waals surface area (Å²) in [5.74, 6) is 1.56. The first-order valence-corrected chi connectivity index (χ1v) is 10.7. The molecular formula is C24H33N3. The van der Waals surface area contributed by atoms with E-state index in [-0.39, 0.29) is 0 Å². The second-order valence-electron chi connectivity index (χ2n) is 8.48. The van der Waals surface area contributed by atoms with Crippen molar-refractivity contribution < 1.29 is 0 Å². The van der Waals surface area contributed by atoms with Crippen molar-refractivity contribution in [2.75, 3.05) is 31.1 Å². The molecule has 2 aliphatic rings. The molecule has 3 nitrogen and oxygen atoms in total. The van der Waals surface area contributed by atoms with Crippen molar-refractivity contribution >= 4 is 5.69 Å². The van der Waals surface area contributed by atoms with E-state index in [1.54, 1.807) is 0 Å². The summed E-state index contributed by atoms with van der Waals surface area (Å²) in [6, 6.07) is 15.9. The Morgan fingerprint density at radius 3 is 2.48 bits per heavy atom. The molecule has 0 radical (unpaired) electrons. The molecule has 2 fully saturated rings. The second-order valence-corrected chi connectivity index (χ2v) is 8.48. The maximum atomic E-state index is 4.37. The normalized spacial score (nSPS) is 19.7. The molecule has 1 saturated carbocycles. The van der Waals surface area contributed by atoms with Crippen molar-refractivity contribution in [2.24, 2.45) is 5.92 Å². The fourth-order valence-electron chi connectivity index (χ4n) is 4.35. The average molecular weight is 364 g/mol. The molecule has 1 unspecified atom stereocenters. The van der Waals surface area contributed by atoms with Crippen LogP contribution in [-0.2, 0) is 0 Å². The molecule has 1 saturated heterocycles. The van der Waals surface area contributed by atoms with Crippen molar-refractivity contribution in [1.82, 2.24) is 9.88 Å². The molecule has 2 heterocycles. The summed E-state index contributed by atoms with van der Waals surface area (Å²) < 4.78 is 0. The van der Waals surface area contributed by atoms with Gasteiger partial charge in [-0.3, -0.25) is 4.98 Å². The summed E-state index contributed by atoms with van der Waals surface area (Å²) in [5.41, 5.74) is 2.79. The number of anilines is 1. The first kappa shape index (κ1) is 18.5. The number of rotatable bonds is 8. The van der Waals surface area contributed by atoms with E-state index in [0.717, 1.165) is 5.92 Å². The van der Waals surface area contributed by atoms with Crippen LogP contribution in [0.3, 0.4) is 0 Å². The van der Waals surface area contributed by atoms with Gasteiger partial charge in [-0.25, -0.2) is 0 Å². The van der Waals surface area contributed by atoms with Crippen molar-refractivity contribution in [3.63, 3.8) is 0 Å². The van der Waals surface area contributed by atoms with E-state index in [9.17, 15) is 0 Å². The highest BCUT2D eigenvalue weighted by Crippen LogP contribution is 2.34. The number of nitrogens with zero attached hydrogens (tertiary/aromatic N) is 3. The first-order valence-electron chi connectivity index (χ1n) is 10.7. The van der Waals surface area contributed by atoms with Gasteiger partial charge in [0, 0.05) is 31.9 Å². The lowest BCUT2D eigenvalue weighted by Gasteiger charge is -2.40. The molecule has 144 valence electrons. The van der Waals surface area contributed by atoms with Crippen LogP contribution < -0.4 is 4.90 Å². The Labute approximate surface area is 164 Å². The highest BCUT2D eigenvalue weighted by Gasteiger charge is 2.30. The fourth-order valence-corrected chi connectivity index (χ4v) is 4.35. The van der Waals surface area contributed by atoms with Gasteiger partial charge in [0.1, 0.15) is 0 Å². The molecule has 0 bridgehead atoms. The third kappa shape index (κ3) is 5.10. The van der Waals surface area contributed by atoms with Crippen molar-refractivity contribution in [3.8, 4) is 0 Å². The van der Waals surface area contributed by atoms with Gasteiger partial charge in [0.15, 0.2) is 0 Å². The third-order valence-electron chi connectivity index (χ3n) is 6.37. The number of aromatic nitrogens is 1. The number of benzene rings is 1.